The van der Waals surface area contributed by atoms with E-state index >= 15 is 0 Å². The summed E-state index contributed by atoms with van der Waals surface area (Å²) >= 11 is 9.10. The van der Waals surface area contributed by atoms with Crippen molar-refractivity contribution in [3.8, 4) is 20.9 Å². The average Bonchev–Trinajstić information content (AvgIpc) is 2.82. The maximum Gasteiger partial charge on any atom is 0.0502 e. The van der Waals surface area contributed by atoms with Gasteiger partial charge in [-0.05, 0) is 33.6 Å². The molecule has 3 rings (SSSR count). The van der Waals surface area contributed by atoms with Crippen molar-refractivity contribution in [2.45, 2.75) is 0 Å². The zero-order valence-corrected chi connectivity index (χ0v) is 13.9. The minimum atomic E-state index is 1.12. The molecule has 0 unspecified atom stereocenters. The van der Waals surface area contributed by atoms with E-state index in [0.29, 0.717) is 0 Å². The summed E-state index contributed by atoms with van der Waals surface area (Å²) in [5.41, 5.74) is 2.48. The van der Waals surface area contributed by atoms with Gasteiger partial charge in [-0.3, -0.25) is 0 Å². The Labute approximate surface area is 133 Å². The molecule has 0 radical (unpaired) electrons. The third-order valence-corrected chi connectivity index (χ3v) is 5.66. The molecule has 19 heavy (non-hydrogen) atoms. The molecule has 0 fully saturated rings. The van der Waals surface area contributed by atoms with Crippen molar-refractivity contribution < 1.29 is 0 Å². The van der Waals surface area contributed by atoms with Gasteiger partial charge in [0.2, 0.25) is 0 Å². The third-order valence-electron chi connectivity index (χ3n) is 2.86. The predicted molar refractivity (Wildman–Crippen MR) is 90.6 cm³/mol. The second-order valence-electron chi connectivity index (χ2n) is 4.13. The van der Waals surface area contributed by atoms with Crippen LogP contribution in [0.3, 0.4) is 0 Å². The molecule has 3 heteroatoms. The van der Waals surface area contributed by atoms with Crippen LogP contribution in [0.2, 0.25) is 0 Å². The minimum Gasteiger partial charge on any atom is -0.134 e. The van der Waals surface area contributed by atoms with Crippen molar-refractivity contribution in [1.82, 2.24) is 0 Å². The van der Waals surface area contributed by atoms with Crippen LogP contribution in [-0.4, -0.2) is 0 Å². The van der Waals surface area contributed by atoms with Crippen LogP contribution in [-0.2, 0) is 0 Å². The van der Waals surface area contributed by atoms with Crippen molar-refractivity contribution in [2.24, 2.45) is 0 Å². The van der Waals surface area contributed by atoms with Gasteiger partial charge < -0.3 is 0 Å². The quantitative estimate of drug-likeness (QED) is 0.459. The number of hydrogen-bond donors (Lipinski definition) is 0. The molecule has 0 nitrogen and oxygen atoms in total. The molecule has 0 aliphatic rings. The molecule has 0 N–H and O–H groups in total. The molecule has 0 spiro atoms. The smallest absolute Gasteiger partial charge is 0.0502 e. The van der Waals surface area contributed by atoms with Gasteiger partial charge in [-0.2, -0.15) is 0 Å². The Morgan fingerprint density at radius 3 is 2.16 bits per heavy atom. The highest BCUT2D eigenvalue weighted by Gasteiger charge is 2.12. The Bertz CT molecular complexity index is 702. The molecule has 0 amide bonds. The van der Waals surface area contributed by atoms with Gasteiger partial charge in [-0.1, -0.05) is 64.5 Å². The van der Waals surface area contributed by atoms with Gasteiger partial charge in [-0.25, -0.2) is 0 Å². The van der Waals surface area contributed by atoms with E-state index in [2.05, 4.69) is 80.4 Å². The van der Waals surface area contributed by atoms with Gasteiger partial charge in [-0.15, -0.1) is 11.3 Å². The van der Waals surface area contributed by atoms with Crippen molar-refractivity contribution in [1.29, 1.82) is 0 Å². The monoisotopic (exact) mass is 392 g/mol. The standard InChI is InChI=1S/C16H10Br2S/c17-13-9-5-4-8-12(13)16-14(18)10-15(19-16)11-6-2-1-3-7-11/h1-10H. The second kappa shape index (κ2) is 5.61. The third kappa shape index (κ3) is 2.69. The highest BCUT2D eigenvalue weighted by Crippen LogP contribution is 2.43. The van der Waals surface area contributed by atoms with Crippen molar-refractivity contribution in [2.75, 3.05) is 0 Å². The number of benzene rings is 2. The zero-order chi connectivity index (χ0) is 13.2. The fourth-order valence-corrected chi connectivity index (χ4v) is 4.49. The first-order chi connectivity index (χ1) is 9.25. The molecule has 3 aromatic rings. The number of thiophene rings is 1. The molecule has 0 bridgehead atoms. The normalized spacial score (nSPS) is 10.6. The first-order valence-corrected chi connectivity index (χ1v) is 8.25. The maximum atomic E-state index is 3.67. The summed E-state index contributed by atoms with van der Waals surface area (Å²) < 4.78 is 2.26. The summed E-state index contributed by atoms with van der Waals surface area (Å²) in [4.78, 5) is 2.53. The fraction of sp³-hybridized carbons (Fsp3) is 0. The molecule has 94 valence electrons. The van der Waals surface area contributed by atoms with Crippen LogP contribution >= 0.6 is 43.2 Å². The van der Waals surface area contributed by atoms with E-state index in [9.17, 15) is 0 Å². The van der Waals surface area contributed by atoms with Gasteiger partial charge in [0.1, 0.15) is 0 Å². The molecular formula is C16H10Br2S. The minimum absolute atomic E-state index is 1.12. The van der Waals surface area contributed by atoms with Crippen LogP contribution in [0.15, 0.2) is 69.6 Å². The lowest BCUT2D eigenvalue weighted by Crippen LogP contribution is -1.74. The lowest BCUT2D eigenvalue weighted by molar-refractivity contribution is 1.63. The molecule has 0 aliphatic carbocycles. The summed E-state index contributed by atoms with van der Waals surface area (Å²) in [6, 6.07) is 21.0. The summed E-state index contributed by atoms with van der Waals surface area (Å²) in [5, 5.41) is 0. The molecule has 0 saturated heterocycles. The molecule has 1 heterocycles. The lowest BCUT2D eigenvalue weighted by atomic mass is 10.1. The van der Waals surface area contributed by atoms with E-state index in [0.717, 1.165) is 8.95 Å². The second-order valence-corrected chi connectivity index (χ2v) is 6.89. The Kier molecular flexibility index (Phi) is 3.87. The van der Waals surface area contributed by atoms with E-state index < -0.39 is 0 Å². The van der Waals surface area contributed by atoms with E-state index in [1.807, 2.05) is 12.1 Å². The van der Waals surface area contributed by atoms with Crippen molar-refractivity contribution in [3.05, 3.63) is 69.6 Å². The van der Waals surface area contributed by atoms with E-state index in [1.165, 1.54) is 20.9 Å². The fourth-order valence-electron chi connectivity index (χ4n) is 1.94. The summed E-state index contributed by atoms with van der Waals surface area (Å²) in [5.74, 6) is 0. The Morgan fingerprint density at radius 1 is 0.737 bits per heavy atom. The molecular weight excluding hydrogens is 384 g/mol. The maximum absolute atomic E-state index is 3.67. The van der Waals surface area contributed by atoms with Crippen LogP contribution in [0.25, 0.3) is 20.9 Å². The van der Waals surface area contributed by atoms with Crippen LogP contribution in [0.1, 0.15) is 0 Å². The largest absolute Gasteiger partial charge is 0.134 e. The molecule has 1 aromatic heterocycles. The number of rotatable bonds is 2. The van der Waals surface area contributed by atoms with Gasteiger partial charge >= 0.3 is 0 Å². The zero-order valence-electron chi connectivity index (χ0n) is 9.94. The highest BCUT2D eigenvalue weighted by molar-refractivity contribution is 9.11. The SMILES string of the molecule is Brc1ccccc1-c1sc(-c2ccccc2)cc1Br. The summed E-state index contributed by atoms with van der Waals surface area (Å²) in [6.45, 7) is 0. The van der Waals surface area contributed by atoms with Crippen LogP contribution in [0.5, 0.6) is 0 Å². The van der Waals surface area contributed by atoms with Gasteiger partial charge in [0.25, 0.3) is 0 Å². The van der Waals surface area contributed by atoms with Gasteiger partial charge in [0.05, 0.1) is 4.88 Å². The van der Waals surface area contributed by atoms with Crippen molar-refractivity contribution in [3.63, 3.8) is 0 Å². The van der Waals surface area contributed by atoms with Gasteiger partial charge in [0.15, 0.2) is 0 Å². The Balaban J connectivity index is 2.11. The lowest BCUT2D eigenvalue weighted by Gasteiger charge is -2.01. The van der Waals surface area contributed by atoms with Crippen LogP contribution < -0.4 is 0 Å². The van der Waals surface area contributed by atoms with E-state index in [-0.39, 0.29) is 0 Å². The van der Waals surface area contributed by atoms with Crippen LogP contribution in [0, 0.1) is 0 Å². The first-order valence-electron chi connectivity index (χ1n) is 5.85. The van der Waals surface area contributed by atoms with E-state index in [4.69, 9.17) is 0 Å². The topological polar surface area (TPSA) is 0 Å². The molecule has 2 aromatic carbocycles. The molecule has 0 aliphatic heterocycles. The van der Waals surface area contributed by atoms with Crippen molar-refractivity contribution >= 4 is 43.2 Å². The number of halogens is 2. The highest BCUT2D eigenvalue weighted by atomic mass is 79.9. The Morgan fingerprint density at radius 2 is 1.42 bits per heavy atom. The molecule has 0 atom stereocenters. The predicted octanol–water partition coefficient (Wildman–Crippen LogP) is 6.61. The average molecular weight is 394 g/mol. The van der Waals surface area contributed by atoms with Crippen LogP contribution in [0.4, 0.5) is 0 Å². The Hall–Kier alpha value is -0.900. The number of hydrogen-bond acceptors (Lipinski definition) is 1. The van der Waals surface area contributed by atoms with E-state index in [1.54, 1.807) is 11.3 Å². The van der Waals surface area contributed by atoms with Gasteiger partial charge in [0, 0.05) is 19.4 Å². The molecule has 0 saturated carbocycles. The summed E-state index contributed by atoms with van der Waals surface area (Å²) in [7, 11) is 0. The first kappa shape index (κ1) is 13.1. The summed E-state index contributed by atoms with van der Waals surface area (Å²) in [6.07, 6.45) is 0.